The second-order valence-electron chi connectivity index (χ2n) is 5.73. The Morgan fingerprint density at radius 1 is 1.40 bits per heavy atom. The molecule has 3 rings (SSSR count). The molecule has 1 aliphatic heterocycles. The maximum Gasteiger partial charge on any atom is 0.251 e. The van der Waals surface area contributed by atoms with Crippen LogP contribution >= 0.6 is 0 Å². The van der Waals surface area contributed by atoms with Crippen molar-refractivity contribution in [3.05, 3.63) is 29.8 Å². The van der Waals surface area contributed by atoms with Crippen LogP contribution in [0.1, 0.15) is 31.2 Å². The fraction of sp³-hybridized carbons (Fsp3) is 0.562. The lowest BCUT2D eigenvalue weighted by Crippen LogP contribution is -2.40. The van der Waals surface area contributed by atoms with Gasteiger partial charge in [0, 0.05) is 17.5 Å². The van der Waals surface area contributed by atoms with Gasteiger partial charge in [-0.05, 0) is 18.9 Å². The van der Waals surface area contributed by atoms with Gasteiger partial charge in [0.1, 0.15) is 5.75 Å². The largest absolute Gasteiger partial charge is 0.496 e. The van der Waals surface area contributed by atoms with E-state index in [0.29, 0.717) is 13.2 Å². The summed E-state index contributed by atoms with van der Waals surface area (Å²) in [6.07, 6.45) is 4.38. The van der Waals surface area contributed by atoms with E-state index in [-0.39, 0.29) is 17.4 Å². The highest BCUT2D eigenvalue weighted by atomic mass is 16.6. The summed E-state index contributed by atoms with van der Waals surface area (Å²) >= 11 is 0. The molecule has 1 unspecified atom stereocenters. The van der Waals surface area contributed by atoms with Gasteiger partial charge in [0.15, 0.2) is 6.10 Å². The molecule has 1 saturated carbocycles. The maximum absolute atomic E-state index is 11.8. The molecule has 4 heteroatoms. The number of nitrogens with one attached hydrogen (secondary N) is 1. The zero-order valence-corrected chi connectivity index (χ0v) is 11.9. The SMILES string of the molecule is COc1ccccc1C1(CNC(=O)C2CO2)CCCC1. The van der Waals surface area contributed by atoms with Crippen molar-refractivity contribution in [2.45, 2.75) is 37.2 Å². The van der Waals surface area contributed by atoms with E-state index >= 15 is 0 Å². The summed E-state index contributed by atoms with van der Waals surface area (Å²) in [7, 11) is 1.71. The number of carbonyl (C=O) groups excluding carboxylic acids is 1. The Morgan fingerprint density at radius 2 is 2.10 bits per heavy atom. The molecule has 1 aromatic carbocycles. The molecule has 0 radical (unpaired) electrons. The zero-order chi connectivity index (χ0) is 14.0. The van der Waals surface area contributed by atoms with Crippen molar-refractivity contribution < 1.29 is 14.3 Å². The van der Waals surface area contributed by atoms with Crippen LogP contribution in [0, 0.1) is 0 Å². The predicted octanol–water partition coefficient (Wildman–Crippen LogP) is 2.02. The van der Waals surface area contributed by atoms with Gasteiger partial charge in [0.2, 0.25) is 0 Å². The molecule has 2 aliphatic rings. The quantitative estimate of drug-likeness (QED) is 0.836. The number of rotatable bonds is 5. The summed E-state index contributed by atoms with van der Waals surface area (Å²) in [5.74, 6) is 0.942. The average molecular weight is 275 g/mol. The summed E-state index contributed by atoms with van der Waals surface area (Å²) in [6.45, 7) is 1.24. The van der Waals surface area contributed by atoms with Gasteiger partial charge in [0.25, 0.3) is 5.91 Å². The first-order valence-corrected chi connectivity index (χ1v) is 7.28. The maximum atomic E-state index is 11.8. The first-order valence-electron chi connectivity index (χ1n) is 7.28. The van der Waals surface area contributed by atoms with Gasteiger partial charge in [-0.2, -0.15) is 0 Å². The number of para-hydroxylation sites is 1. The average Bonchev–Trinajstić information content (AvgIpc) is 3.24. The minimum atomic E-state index is -0.217. The highest BCUT2D eigenvalue weighted by molar-refractivity contribution is 5.82. The Hall–Kier alpha value is -1.55. The van der Waals surface area contributed by atoms with Crippen LogP contribution < -0.4 is 10.1 Å². The van der Waals surface area contributed by atoms with Gasteiger partial charge in [-0.3, -0.25) is 4.79 Å². The molecule has 1 amide bonds. The van der Waals surface area contributed by atoms with Crippen LogP contribution in [0.15, 0.2) is 24.3 Å². The fourth-order valence-corrected chi connectivity index (χ4v) is 3.25. The van der Waals surface area contributed by atoms with E-state index in [1.165, 1.54) is 18.4 Å². The molecule has 1 aliphatic carbocycles. The standard InChI is InChI=1S/C16H21NO3/c1-19-13-7-3-2-6-12(13)16(8-4-5-9-16)11-17-15(18)14-10-20-14/h2-3,6-7,14H,4-5,8-11H2,1H3,(H,17,18). The minimum Gasteiger partial charge on any atom is -0.496 e. The highest BCUT2D eigenvalue weighted by Crippen LogP contribution is 2.44. The second-order valence-corrected chi connectivity index (χ2v) is 5.73. The minimum absolute atomic E-state index is 0.0111. The van der Waals surface area contributed by atoms with E-state index in [1.807, 2.05) is 18.2 Å². The van der Waals surface area contributed by atoms with Crippen molar-refractivity contribution in [2.75, 3.05) is 20.3 Å². The summed E-state index contributed by atoms with van der Waals surface area (Å²) < 4.78 is 10.5. The molecule has 0 aromatic heterocycles. The smallest absolute Gasteiger partial charge is 0.251 e. The normalized spacial score (nSPS) is 23.4. The van der Waals surface area contributed by atoms with Gasteiger partial charge < -0.3 is 14.8 Å². The van der Waals surface area contributed by atoms with Gasteiger partial charge in [-0.15, -0.1) is 0 Å². The Balaban J connectivity index is 1.81. The number of hydrogen-bond donors (Lipinski definition) is 1. The molecule has 20 heavy (non-hydrogen) atoms. The van der Waals surface area contributed by atoms with E-state index in [1.54, 1.807) is 7.11 Å². The van der Waals surface area contributed by atoms with Crippen molar-refractivity contribution >= 4 is 5.91 Å². The van der Waals surface area contributed by atoms with E-state index in [0.717, 1.165) is 18.6 Å². The molecule has 1 N–H and O–H groups in total. The predicted molar refractivity (Wildman–Crippen MR) is 75.9 cm³/mol. The molecule has 1 atom stereocenters. The van der Waals surface area contributed by atoms with E-state index < -0.39 is 0 Å². The third-order valence-corrected chi connectivity index (χ3v) is 4.47. The number of epoxide rings is 1. The van der Waals surface area contributed by atoms with Crippen molar-refractivity contribution in [3.8, 4) is 5.75 Å². The van der Waals surface area contributed by atoms with Crippen LogP contribution in [0.5, 0.6) is 5.75 Å². The summed E-state index contributed by atoms with van der Waals surface area (Å²) in [6, 6.07) is 8.16. The Kier molecular flexibility index (Phi) is 3.66. The van der Waals surface area contributed by atoms with Crippen molar-refractivity contribution in [2.24, 2.45) is 0 Å². The molecule has 2 fully saturated rings. The number of methoxy groups -OCH3 is 1. The highest BCUT2D eigenvalue weighted by Gasteiger charge is 2.39. The second kappa shape index (κ2) is 5.44. The van der Waals surface area contributed by atoms with Gasteiger partial charge in [-0.25, -0.2) is 0 Å². The first-order chi connectivity index (χ1) is 9.75. The summed E-state index contributed by atoms with van der Waals surface area (Å²) in [4.78, 5) is 11.8. The number of hydrogen-bond acceptors (Lipinski definition) is 3. The van der Waals surface area contributed by atoms with Crippen LogP contribution in [-0.4, -0.2) is 32.3 Å². The van der Waals surface area contributed by atoms with Crippen LogP contribution in [-0.2, 0) is 14.9 Å². The van der Waals surface area contributed by atoms with Crippen molar-refractivity contribution in [3.63, 3.8) is 0 Å². The van der Waals surface area contributed by atoms with Crippen LogP contribution in [0.2, 0.25) is 0 Å². The van der Waals surface area contributed by atoms with Gasteiger partial charge in [0.05, 0.1) is 13.7 Å². The Morgan fingerprint density at radius 3 is 2.75 bits per heavy atom. The molecule has 0 bridgehead atoms. The number of benzene rings is 1. The molecule has 1 heterocycles. The lowest BCUT2D eigenvalue weighted by molar-refractivity contribution is -0.122. The molecular weight excluding hydrogens is 254 g/mol. The summed E-state index contributed by atoms with van der Waals surface area (Å²) in [5.41, 5.74) is 1.23. The van der Waals surface area contributed by atoms with E-state index in [4.69, 9.17) is 9.47 Å². The molecule has 1 saturated heterocycles. The third kappa shape index (κ3) is 2.52. The van der Waals surface area contributed by atoms with E-state index in [2.05, 4.69) is 11.4 Å². The Labute approximate surface area is 119 Å². The molecule has 0 spiro atoms. The van der Waals surface area contributed by atoms with Crippen molar-refractivity contribution in [1.82, 2.24) is 5.32 Å². The topological polar surface area (TPSA) is 50.9 Å². The van der Waals surface area contributed by atoms with Gasteiger partial charge >= 0.3 is 0 Å². The monoisotopic (exact) mass is 275 g/mol. The first kappa shape index (κ1) is 13.4. The lowest BCUT2D eigenvalue weighted by Gasteiger charge is -2.31. The van der Waals surface area contributed by atoms with Crippen LogP contribution in [0.25, 0.3) is 0 Å². The zero-order valence-electron chi connectivity index (χ0n) is 11.9. The molecule has 1 aromatic rings. The fourth-order valence-electron chi connectivity index (χ4n) is 3.25. The molecule has 4 nitrogen and oxygen atoms in total. The van der Waals surface area contributed by atoms with Crippen molar-refractivity contribution in [1.29, 1.82) is 0 Å². The summed E-state index contributed by atoms with van der Waals surface area (Å²) in [5, 5.41) is 3.06. The number of amides is 1. The van der Waals surface area contributed by atoms with Crippen LogP contribution in [0.3, 0.4) is 0 Å². The molecular formula is C16H21NO3. The Bertz CT molecular complexity index is 490. The van der Waals surface area contributed by atoms with E-state index in [9.17, 15) is 4.79 Å². The van der Waals surface area contributed by atoms with Crippen LogP contribution in [0.4, 0.5) is 0 Å². The third-order valence-electron chi connectivity index (χ3n) is 4.47. The number of ether oxygens (including phenoxy) is 2. The number of carbonyl (C=O) groups is 1. The lowest BCUT2D eigenvalue weighted by atomic mass is 9.78. The van der Waals surface area contributed by atoms with Gasteiger partial charge in [-0.1, -0.05) is 31.0 Å². The molecule has 108 valence electrons.